The monoisotopic (exact) mass is 470 g/mol. The Morgan fingerprint density at radius 1 is 0.879 bits per heavy atom. The van der Waals surface area contributed by atoms with E-state index in [1.165, 1.54) is 19.1 Å². The fraction of sp³-hybridized carbons (Fsp3) is 0.571. The summed E-state index contributed by atoms with van der Waals surface area (Å²) in [5.74, 6) is 0.157. The van der Waals surface area contributed by atoms with Gasteiger partial charge in [-0.25, -0.2) is 4.79 Å². The van der Waals surface area contributed by atoms with E-state index in [0.717, 1.165) is 0 Å². The van der Waals surface area contributed by atoms with Crippen molar-refractivity contribution in [2.45, 2.75) is 68.3 Å². The molecule has 2 aromatic rings. The highest BCUT2D eigenvalue weighted by Crippen LogP contribution is 2.31. The van der Waals surface area contributed by atoms with Crippen molar-refractivity contribution >= 4 is 11.0 Å². The maximum atomic E-state index is 11.5. The van der Waals surface area contributed by atoms with E-state index in [2.05, 4.69) is 0 Å². The summed E-state index contributed by atoms with van der Waals surface area (Å²) < 4.78 is 27.5. The van der Waals surface area contributed by atoms with E-state index in [-0.39, 0.29) is 11.3 Å². The lowest BCUT2D eigenvalue weighted by atomic mass is 9.97. The Hall–Kier alpha value is -2.13. The molecule has 2 aliphatic heterocycles. The molecular weight excluding hydrogens is 444 g/mol. The van der Waals surface area contributed by atoms with Crippen molar-refractivity contribution in [2.75, 3.05) is 6.61 Å². The van der Waals surface area contributed by atoms with Crippen LogP contribution in [-0.4, -0.2) is 98.7 Å². The number of rotatable bonds is 5. The molecule has 0 bridgehead atoms. The minimum atomic E-state index is -1.67. The highest BCUT2D eigenvalue weighted by atomic mass is 16.8. The van der Waals surface area contributed by atoms with Gasteiger partial charge in [0.25, 0.3) is 0 Å². The summed E-state index contributed by atoms with van der Waals surface area (Å²) in [6.07, 6.45) is -14.3. The molecule has 1 aromatic carbocycles. The van der Waals surface area contributed by atoms with Crippen LogP contribution in [0.3, 0.4) is 0 Å². The van der Waals surface area contributed by atoms with Crippen molar-refractivity contribution in [3.05, 3.63) is 40.8 Å². The van der Waals surface area contributed by atoms with Crippen molar-refractivity contribution in [1.29, 1.82) is 0 Å². The molecule has 6 N–H and O–H groups in total. The van der Waals surface area contributed by atoms with Crippen LogP contribution in [0.15, 0.2) is 39.5 Å². The molecule has 2 aliphatic rings. The van der Waals surface area contributed by atoms with Gasteiger partial charge >= 0.3 is 5.63 Å². The first-order valence-electron chi connectivity index (χ1n) is 10.4. The molecule has 0 saturated carbocycles. The predicted molar refractivity (Wildman–Crippen MR) is 108 cm³/mol. The van der Waals surface area contributed by atoms with Crippen LogP contribution in [-0.2, 0) is 14.2 Å². The lowest BCUT2D eigenvalue weighted by Gasteiger charge is -2.45. The van der Waals surface area contributed by atoms with Crippen LogP contribution in [0.25, 0.3) is 11.0 Å². The SMILES string of the molecule is C[C@H]1O[C@@H](O[C@@H]2[C@@H](Oc3ccc4ccc(=O)oc4c3)O[C@@H](CO)[C@@H](O)[C@H]2O)[C@@H](O)[C@@H](O)[C@H]1O. The normalized spacial score (nSPS) is 39.5. The van der Waals surface area contributed by atoms with Crippen LogP contribution >= 0.6 is 0 Å². The van der Waals surface area contributed by atoms with Gasteiger partial charge in [0, 0.05) is 17.5 Å². The number of aliphatic hydroxyl groups is 6. The molecule has 0 aliphatic carbocycles. The third-order valence-corrected chi connectivity index (χ3v) is 5.77. The summed E-state index contributed by atoms with van der Waals surface area (Å²) in [5, 5.41) is 61.2. The number of aliphatic hydroxyl groups excluding tert-OH is 6. The molecule has 12 nitrogen and oxygen atoms in total. The summed E-state index contributed by atoms with van der Waals surface area (Å²) in [7, 11) is 0. The first kappa shape index (κ1) is 24.0. The molecule has 2 saturated heterocycles. The lowest BCUT2D eigenvalue weighted by Crippen LogP contribution is -2.64. The van der Waals surface area contributed by atoms with Crippen molar-refractivity contribution in [3.63, 3.8) is 0 Å². The van der Waals surface area contributed by atoms with E-state index >= 15 is 0 Å². The fourth-order valence-electron chi connectivity index (χ4n) is 3.83. The summed E-state index contributed by atoms with van der Waals surface area (Å²) in [6, 6.07) is 7.41. The lowest BCUT2D eigenvalue weighted by molar-refractivity contribution is -0.354. The van der Waals surface area contributed by atoms with E-state index in [1.54, 1.807) is 18.2 Å². The number of ether oxygens (including phenoxy) is 4. The Balaban J connectivity index is 1.60. The standard InChI is InChI=1S/C21H26O12/c1-8-14(24)16(26)18(28)20(29-8)33-19-17(27)15(25)12(7-22)32-21(19)30-10-4-2-9-3-5-13(23)31-11(9)6-10/h2-6,8,12,14-22,24-28H,7H2,1H3/t8-,12+,14+,15-,16+,17-,18+,19+,20+,21+/m1/s1. The maximum Gasteiger partial charge on any atom is 0.336 e. The van der Waals surface area contributed by atoms with Gasteiger partial charge in [0.05, 0.1) is 12.7 Å². The molecular formula is C21H26O12. The van der Waals surface area contributed by atoms with Gasteiger partial charge in [0.15, 0.2) is 12.4 Å². The van der Waals surface area contributed by atoms with Crippen molar-refractivity contribution in [2.24, 2.45) is 0 Å². The van der Waals surface area contributed by atoms with Crippen LogP contribution in [0.2, 0.25) is 0 Å². The predicted octanol–water partition coefficient (Wildman–Crippen LogP) is -2.18. The number of hydrogen-bond donors (Lipinski definition) is 6. The zero-order valence-electron chi connectivity index (χ0n) is 17.5. The zero-order chi connectivity index (χ0) is 23.9. The van der Waals surface area contributed by atoms with Crippen LogP contribution in [0.5, 0.6) is 5.75 Å². The first-order valence-corrected chi connectivity index (χ1v) is 10.4. The summed E-state index contributed by atoms with van der Waals surface area (Å²) >= 11 is 0. The number of fused-ring (bicyclic) bond motifs is 1. The molecule has 2 fully saturated rings. The Morgan fingerprint density at radius 3 is 2.33 bits per heavy atom. The summed E-state index contributed by atoms with van der Waals surface area (Å²) in [6.45, 7) is 0.819. The van der Waals surface area contributed by atoms with Gasteiger partial charge in [0.1, 0.15) is 48.0 Å². The largest absolute Gasteiger partial charge is 0.462 e. The third-order valence-electron chi connectivity index (χ3n) is 5.77. The van der Waals surface area contributed by atoms with Crippen LogP contribution in [0.4, 0.5) is 0 Å². The molecule has 0 unspecified atom stereocenters. The van der Waals surface area contributed by atoms with E-state index in [9.17, 15) is 35.4 Å². The third kappa shape index (κ3) is 4.75. The Bertz CT molecular complexity index is 1010. The molecule has 3 heterocycles. The van der Waals surface area contributed by atoms with Gasteiger partial charge in [0.2, 0.25) is 6.29 Å². The van der Waals surface area contributed by atoms with Crippen LogP contribution in [0, 0.1) is 0 Å². The molecule has 4 rings (SSSR count). The first-order chi connectivity index (χ1) is 15.7. The van der Waals surface area contributed by atoms with Gasteiger partial charge in [-0.1, -0.05) is 0 Å². The second kappa shape index (κ2) is 9.62. The smallest absolute Gasteiger partial charge is 0.336 e. The molecule has 0 radical (unpaired) electrons. The fourth-order valence-corrected chi connectivity index (χ4v) is 3.83. The second-order valence-corrected chi connectivity index (χ2v) is 8.06. The van der Waals surface area contributed by atoms with E-state index in [0.29, 0.717) is 5.39 Å². The Morgan fingerprint density at radius 2 is 1.61 bits per heavy atom. The van der Waals surface area contributed by atoms with Gasteiger partial charge in [-0.15, -0.1) is 0 Å². The van der Waals surface area contributed by atoms with Crippen LogP contribution in [0.1, 0.15) is 6.92 Å². The molecule has 12 heteroatoms. The van der Waals surface area contributed by atoms with Crippen molar-refractivity contribution < 1.29 is 54.0 Å². The van der Waals surface area contributed by atoms with Crippen molar-refractivity contribution in [3.8, 4) is 5.75 Å². The van der Waals surface area contributed by atoms with E-state index in [1.807, 2.05) is 0 Å². The molecule has 10 atom stereocenters. The highest BCUT2D eigenvalue weighted by Gasteiger charge is 2.50. The maximum absolute atomic E-state index is 11.5. The number of hydrogen-bond acceptors (Lipinski definition) is 12. The topological polar surface area (TPSA) is 189 Å². The Kier molecular flexibility index (Phi) is 7.00. The van der Waals surface area contributed by atoms with Crippen LogP contribution < -0.4 is 10.4 Å². The molecule has 182 valence electrons. The van der Waals surface area contributed by atoms with Gasteiger partial charge in [-0.3, -0.25) is 0 Å². The molecule has 0 amide bonds. The summed E-state index contributed by atoms with van der Waals surface area (Å²) in [5.41, 5.74) is -0.337. The average molecular weight is 470 g/mol. The van der Waals surface area contributed by atoms with E-state index in [4.69, 9.17) is 23.4 Å². The summed E-state index contributed by atoms with van der Waals surface area (Å²) in [4.78, 5) is 11.5. The van der Waals surface area contributed by atoms with Gasteiger partial charge < -0.3 is 54.0 Å². The quantitative estimate of drug-likeness (QED) is 0.260. The second-order valence-electron chi connectivity index (χ2n) is 8.06. The highest BCUT2D eigenvalue weighted by molar-refractivity contribution is 5.77. The Labute approximate surface area is 187 Å². The molecule has 0 spiro atoms. The minimum absolute atomic E-state index is 0.157. The zero-order valence-corrected chi connectivity index (χ0v) is 17.5. The average Bonchev–Trinajstić information content (AvgIpc) is 2.80. The van der Waals surface area contributed by atoms with Gasteiger partial charge in [-0.2, -0.15) is 0 Å². The van der Waals surface area contributed by atoms with Crippen molar-refractivity contribution in [1.82, 2.24) is 0 Å². The van der Waals surface area contributed by atoms with E-state index < -0.39 is 73.6 Å². The minimum Gasteiger partial charge on any atom is -0.462 e. The molecule has 33 heavy (non-hydrogen) atoms. The molecule has 1 aromatic heterocycles. The number of benzene rings is 1. The van der Waals surface area contributed by atoms with Gasteiger partial charge in [-0.05, 0) is 25.1 Å².